The molecule has 0 aromatic carbocycles. The van der Waals surface area contributed by atoms with Gasteiger partial charge in [-0.25, -0.2) is 13.1 Å². The van der Waals surface area contributed by atoms with Crippen molar-refractivity contribution in [3.8, 4) is 0 Å². The molecule has 3 rings (SSSR count). The zero-order valence-electron chi connectivity index (χ0n) is 14.2. The van der Waals surface area contributed by atoms with Crippen LogP contribution in [0, 0.1) is 0 Å². The lowest BCUT2D eigenvalue weighted by molar-refractivity contribution is 0.260. The molecule has 1 atom stereocenters. The van der Waals surface area contributed by atoms with Gasteiger partial charge in [0.05, 0.1) is 11.4 Å². The number of aryl methyl sites for hydroxylation is 1. The number of likely N-dealkylation sites (tertiary alicyclic amines) is 1. The van der Waals surface area contributed by atoms with Crippen LogP contribution in [0.1, 0.15) is 55.7 Å². The van der Waals surface area contributed by atoms with Crippen molar-refractivity contribution in [1.82, 2.24) is 19.4 Å². The molecule has 1 aliphatic heterocycles. The smallest absolute Gasteiger partial charge is 0.212 e. The highest BCUT2D eigenvalue weighted by molar-refractivity contribution is 7.89. The average molecular weight is 340 g/mol. The van der Waals surface area contributed by atoms with E-state index in [0.717, 1.165) is 25.9 Å². The summed E-state index contributed by atoms with van der Waals surface area (Å²) in [6.45, 7) is 1.80. The van der Waals surface area contributed by atoms with Crippen LogP contribution >= 0.6 is 0 Å². The van der Waals surface area contributed by atoms with Gasteiger partial charge in [0.25, 0.3) is 0 Å². The zero-order chi connectivity index (χ0) is 16.4. The summed E-state index contributed by atoms with van der Waals surface area (Å²) in [5, 5.41) is 4.71. The van der Waals surface area contributed by atoms with Crippen molar-refractivity contribution in [2.75, 3.05) is 19.3 Å². The monoisotopic (exact) mass is 340 g/mol. The average Bonchev–Trinajstić information content (AvgIpc) is 3.21. The number of hydrogen-bond donors (Lipinski definition) is 1. The summed E-state index contributed by atoms with van der Waals surface area (Å²) >= 11 is 0. The molecule has 2 fully saturated rings. The van der Waals surface area contributed by atoms with Crippen LogP contribution in [0.15, 0.2) is 6.20 Å². The van der Waals surface area contributed by atoms with E-state index in [2.05, 4.69) is 15.8 Å². The number of sulfonamides is 1. The second kappa shape index (κ2) is 6.91. The molecule has 1 saturated heterocycles. The number of rotatable bonds is 6. The molecule has 6 nitrogen and oxygen atoms in total. The summed E-state index contributed by atoms with van der Waals surface area (Å²) in [6.07, 6.45) is 9.22. The highest BCUT2D eigenvalue weighted by Crippen LogP contribution is 2.35. The molecule has 1 saturated carbocycles. The Hall–Kier alpha value is -0.920. The maximum absolute atomic E-state index is 11.9. The van der Waals surface area contributed by atoms with Crippen LogP contribution in [0.5, 0.6) is 0 Å². The van der Waals surface area contributed by atoms with Crippen molar-refractivity contribution in [2.45, 2.75) is 57.0 Å². The van der Waals surface area contributed by atoms with Gasteiger partial charge >= 0.3 is 0 Å². The standard InChI is InChI=1S/C16H28N4O2S/c1-17-23(21,22)12-15-8-5-9-20(15)11-14-10-19(2)18-16(14)13-6-3-4-7-13/h10,13,15,17H,3-9,11-12H2,1-2H3/t15-/m1/s1. The number of nitrogens with one attached hydrogen (secondary N) is 1. The fraction of sp³-hybridized carbons (Fsp3) is 0.812. The second-order valence-corrected chi connectivity index (χ2v) is 8.92. The van der Waals surface area contributed by atoms with Gasteiger partial charge in [-0.05, 0) is 39.3 Å². The van der Waals surface area contributed by atoms with Crippen molar-refractivity contribution in [3.05, 3.63) is 17.5 Å². The highest BCUT2D eigenvalue weighted by atomic mass is 32.2. The van der Waals surface area contributed by atoms with E-state index in [1.807, 2.05) is 11.7 Å². The minimum Gasteiger partial charge on any atom is -0.295 e. The van der Waals surface area contributed by atoms with E-state index in [1.165, 1.54) is 44.0 Å². The van der Waals surface area contributed by atoms with E-state index < -0.39 is 10.0 Å². The van der Waals surface area contributed by atoms with E-state index in [-0.39, 0.29) is 11.8 Å². The van der Waals surface area contributed by atoms with Gasteiger partial charge in [-0.1, -0.05) is 12.8 Å². The van der Waals surface area contributed by atoms with E-state index in [1.54, 1.807) is 0 Å². The number of hydrogen-bond acceptors (Lipinski definition) is 4. The Kier molecular flexibility index (Phi) is 5.08. The quantitative estimate of drug-likeness (QED) is 0.854. The molecule has 1 aromatic rings. The maximum atomic E-state index is 11.9. The predicted molar refractivity (Wildman–Crippen MR) is 90.7 cm³/mol. The molecule has 2 heterocycles. The molecule has 0 unspecified atom stereocenters. The van der Waals surface area contributed by atoms with E-state index in [0.29, 0.717) is 5.92 Å². The lowest BCUT2D eigenvalue weighted by atomic mass is 10.00. The lowest BCUT2D eigenvalue weighted by Gasteiger charge is -2.24. The van der Waals surface area contributed by atoms with Crippen LogP contribution in [0.2, 0.25) is 0 Å². The van der Waals surface area contributed by atoms with Gasteiger partial charge in [0.15, 0.2) is 0 Å². The fourth-order valence-corrected chi connectivity index (χ4v) is 5.12. The van der Waals surface area contributed by atoms with E-state index in [4.69, 9.17) is 5.10 Å². The third-order valence-corrected chi connectivity index (χ3v) is 6.72. The summed E-state index contributed by atoms with van der Waals surface area (Å²) in [7, 11) is 0.314. The minimum atomic E-state index is -3.16. The number of nitrogens with zero attached hydrogens (tertiary/aromatic N) is 3. The topological polar surface area (TPSA) is 67.2 Å². The summed E-state index contributed by atoms with van der Waals surface area (Å²) in [6, 6.07) is 0.115. The second-order valence-electron chi connectivity index (χ2n) is 6.95. The minimum absolute atomic E-state index is 0.115. The molecule has 2 aliphatic rings. The predicted octanol–water partition coefficient (Wildman–Crippen LogP) is 1.59. The largest absolute Gasteiger partial charge is 0.295 e. The summed E-state index contributed by atoms with van der Waals surface area (Å²) in [5.74, 6) is 0.788. The normalized spacial score (nSPS) is 23.8. The SMILES string of the molecule is CNS(=O)(=O)C[C@H]1CCCN1Cc1cn(C)nc1C1CCCC1. The molecule has 0 radical (unpaired) electrons. The van der Waals surface area contributed by atoms with Gasteiger partial charge in [0.2, 0.25) is 10.0 Å². The Labute approximate surface area is 139 Å². The molecule has 130 valence electrons. The van der Waals surface area contributed by atoms with Gasteiger partial charge in [0, 0.05) is 37.3 Å². The summed E-state index contributed by atoms with van der Waals surface area (Å²) in [4.78, 5) is 2.32. The van der Waals surface area contributed by atoms with Gasteiger partial charge in [0.1, 0.15) is 0 Å². The molecule has 7 heteroatoms. The maximum Gasteiger partial charge on any atom is 0.212 e. The van der Waals surface area contributed by atoms with Gasteiger partial charge in [-0.2, -0.15) is 5.10 Å². The Balaban J connectivity index is 1.73. The van der Waals surface area contributed by atoms with Crippen molar-refractivity contribution in [3.63, 3.8) is 0 Å². The van der Waals surface area contributed by atoms with Gasteiger partial charge in [-0.15, -0.1) is 0 Å². The third kappa shape index (κ3) is 3.95. The Morgan fingerprint density at radius 3 is 2.70 bits per heavy atom. The van der Waals surface area contributed by atoms with Crippen LogP contribution in [0.3, 0.4) is 0 Å². The van der Waals surface area contributed by atoms with E-state index >= 15 is 0 Å². The molecule has 0 amide bonds. The first-order valence-corrected chi connectivity index (χ1v) is 10.3. The van der Waals surface area contributed by atoms with Crippen LogP contribution in [0.25, 0.3) is 0 Å². The van der Waals surface area contributed by atoms with Crippen molar-refractivity contribution >= 4 is 10.0 Å². The van der Waals surface area contributed by atoms with Crippen LogP contribution in [-0.2, 0) is 23.6 Å². The Morgan fingerprint density at radius 2 is 2.00 bits per heavy atom. The third-order valence-electron chi connectivity index (χ3n) is 5.27. The van der Waals surface area contributed by atoms with Crippen molar-refractivity contribution in [1.29, 1.82) is 0 Å². The molecular formula is C16H28N4O2S. The molecule has 1 aliphatic carbocycles. The lowest BCUT2D eigenvalue weighted by Crippen LogP contribution is -2.38. The fourth-order valence-electron chi connectivity index (χ4n) is 4.07. The summed E-state index contributed by atoms with van der Waals surface area (Å²) in [5.41, 5.74) is 2.53. The Bertz CT molecular complexity index is 635. The van der Waals surface area contributed by atoms with Gasteiger partial charge < -0.3 is 0 Å². The van der Waals surface area contributed by atoms with Crippen molar-refractivity contribution < 1.29 is 8.42 Å². The zero-order valence-corrected chi connectivity index (χ0v) is 15.0. The van der Waals surface area contributed by atoms with Crippen LogP contribution in [-0.4, -0.2) is 48.5 Å². The molecule has 23 heavy (non-hydrogen) atoms. The van der Waals surface area contributed by atoms with Gasteiger partial charge in [-0.3, -0.25) is 9.58 Å². The first-order chi connectivity index (χ1) is 11.0. The molecular weight excluding hydrogens is 312 g/mol. The Morgan fingerprint density at radius 1 is 1.26 bits per heavy atom. The van der Waals surface area contributed by atoms with Crippen LogP contribution < -0.4 is 4.72 Å². The van der Waals surface area contributed by atoms with E-state index in [9.17, 15) is 8.42 Å². The first-order valence-electron chi connectivity index (χ1n) is 8.66. The first kappa shape index (κ1) is 16.9. The molecule has 0 bridgehead atoms. The summed E-state index contributed by atoms with van der Waals surface area (Å²) < 4.78 is 28.1. The highest BCUT2D eigenvalue weighted by Gasteiger charge is 2.31. The molecule has 1 N–H and O–H groups in total. The molecule has 1 aromatic heterocycles. The van der Waals surface area contributed by atoms with Crippen molar-refractivity contribution in [2.24, 2.45) is 7.05 Å². The number of aromatic nitrogens is 2. The molecule has 0 spiro atoms. The van der Waals surface area contributed by atoms with Crippen LogP contribution in [0.4, 0.5) is 0 Å².